The van der Waals surface area contributed by atoms with Crippen LogP contribution < -0.4 is 5.32 Å². The quantitative estimate of drug-likeness (QED) is 0.454. The summed E-state index contributed by atoms with van der Waals surface area (Å²) in [6, 6.07) is 24.7. The number of nitrogens with one attached hydrogen (secondary N) is 1. The van der Waals surface area contributed by atoms with Crippen LogP contribution in [-0.2, 0) is 17.8 Å². The van der Waals surface area contributed by atoms with Crippen molar-refractivity contribution in [3.05, 3.63) is 94.0 Å². The van der Waals surface area contributed by atoms with Gasteiger partial charge in [-0.3, -0.25) is 4.79 Å². The standard InChI is InChI=1S/C24H21Cl2N3O/c25-20-11-6-12-21(26)24(20)28-22-13-5-4-10-19(22)16-23(30)29(15-7-14-27)17-18-8-2-1-3-9-18/h1-6,8-13,28H,7,15-17H2. The Morgan fingerprint density at radius 2 is 1.60 bits per heavy atom. The Labute approximate surface area is 186 Å². The number of hydrogen-bond donors (Lipinski definition) is 1. The van der Waals surface area contributed by atoms with Crippen molar-refractivity contribution in [2.24, 2.45) is 0 Å². The Hall–Kier alpha value is -3.00. The summed E-state index contributed by atoms with van der Waals surface area (Å²) in [7, 11) is 0. The van der Waals surface area contributed by atoms with Gasteiger partial charge in [0, 0.05) is 18.8 Å². The molecule has 0 radical (unpaired) electrons. The molecule has 0 atom stereocenters. The van der Waals surface area contributed by atoms with E-state index < -0.39 is 0 Å². The average molecular weight is 438 g/mol. The summed E-state index contributed by atoms with van der Waals surface area (Å²) in [4.78, 5) is 14.8. The molecular weight excluding hydrogens is 417 g/mol. The lowest BCUT2D eigenvalue weighted by molar-refractivity contribution is -0.131. The summed E-state index contributed by atoms with van der Waals surface area (Å²) in [5, 5.41) is 13.3. The molecular formula is C24H21Cl2N3O. The maximum Gasteiger partial charge on any atom is 0.227 e. The minimum atomic E-state index is -0.0476. The van der Waals surface area contributed by atoms with Crippen LogP contribution in [0.1, 0.15) is 17.5 Å². The fourth-order valence-corrected chi connectivity index (χ4v) is 3.60. The van der Waals surface area contributed by atoms with Crippen molar-refractivity contribution < 1.29 is 4.79 Å². The number of nitriles is 1. The highest BCUT2D eigenvalue weighted by Gasteiger charge is 2.17. The molecule has 6 heteroatoms. The number of benzene rings is 3. The number of carbonyl (C=O) groups excluding carboxylic acids is 1. The number of nitrogens with zero attached hydrogens (tertiary/aromatic N) is 2. The van der Waals surface area contributed by atoms with Crippen molar-refractivity contribution >= 4 is 40.5 Å². The third-order valence-corrected chi connectivity index (χ3v) is 5.27. The third kappa shape index (κ3) is 5.76. The molecule has 3 rings (SSSR count). The van der Waals surface area contributed by atoms with E-state index in [1.165, 1.54) is 0 Å². The summed E-state index contributed by atoms with van der Waals surface area (Å²) in [6.07, 6.45) is 0.483. The van der Waals surface area contributed by atoms with Crippen molar-refractivity contribution in [1.29, 1.82) is 5.26 Å². The van der Waals surface area contributed by atoms with Gasteiger partial charge >= 0.3 is 0 Å². The molecule has 0 aliphatic carbocycles. The fraction of sp³-hybridized carbons (Fsp3) is 0.167. The van der Waals surface area contributed by atoms with E-state index >= 15 is 0 Å². The second-order valence-electron chi connectivity index (χ2n) is 6.76. The number of halogens is 2. The number of para-hydroxylation sites is 2. The number of anilines is 2. The molecule has 0 aliphatic heterocycles. The van der Waals surface area contributed by atoms with Gasteiger partial charge in [0.05, 0.1) is 34.6 Å². The topological polar surface area (TPSA) is 56.1 Å². The third-order valence-electron chi connectivity index (χ3n) is 4.64. The molecule has 3 aromatic rings. The highest BCUT2D eigenvalue weighted by atomic mass is 35.5. The normalized spacial score (nSPS) is 10.3. The molecule has 1 amide bonds. The predicted molar refractivity (Wildman–Crippen MR) is 122 cm³/mol. The molecule has 1 N–H and O–H groups in total. The zero-order valence-electron chi connectivity index (χ0n) is 16.3. The van der Waals surface area contributed by atoms with E-state index in [1.54, 1.807) is 23.1 Å². The molecule has 0 aliphatic rings. The SMILES string of the molecule is N#CCCN(Cc1ccccc1)C(=O)Cc1ccccc1Nc1c(Cl)cccc1Cl. The molecule has 0 saturated carbocycles. The van der Waals surface area contributed by atoms with Crippen molar-refractivity contribution in [2.45, 2.75) is 19.4 Å². The Kier molecular flexibility index (Phi) is 7.73. The van der Waals surface area contributed by atoms with E-state index in [9.17, 15) is 4.79 Å². The second-order valence-corrected chi connectivity index (χ2v) is 7.58. The second kappa shape index (κ2) is 10.7. The molecule has 0 heterocycles. The van der Waals surface area contributed by atoms with Crippen LogP contribution >= 0.6 is 23.2 Å². The molecule has 0 unspecified atom stereocenters. The van der Waals surface area contributed by atoms with E-state index in [-0.39, 0.29) is 18.7 Å². The van der Waals surface area contributed by atoms with Gasteiger partial charge in [-0.1, -0.05) is 77.8 Å². The van der Waals surface area contributed by atoms with Crippen LogP contribution in [-0.4, -0.2) is 17.4 Å². The van der Waals surface area contributed by atoms with Gasteiger partial charge in [-0.25, -0.2) is 0 Å². The minimum Gasteiger partial charge on any atom is -0.353 e. The molecule has 30 heavy (non-hydrogen) atoms. The highest BCUT2D eigenvalue weighted by Crippen LogP contribution is 2.33. The van der Waals surface area contributed by atoms with E-state index in [1.807, 2.05) is 54.6 Å². The van der Waals surface area contributed by atoms with E-state index in [2.05, 4.69) is 11.4 Å². The van der Waals surface area contributed by atoms with Crippen LogP contribution in [0.15, 0.2) is 72.8 Å². The average Bonchev–Trinajstić information content (AvgIpc) is 2.75. The maximum absolute atomic E-state index is 13.1. The van der Waals surface area contributed by atoms with Crippen LogP contribution in [0.25, 0.3) is 0 Å². The van der Waals surface area contributed by atoms with Crippen LogP contribution in [0, 0.1) is 11.3 Å². The minimum absolute atomic E-state index is 0.0476. The first-order valence-electron chi connectivity index (χ1n) is 9.56. The zero-order valence-corrected chi connectivity index (χ0v) is 17.8. The molecule has 0 bridgehead atoms. The van der Waals surface area contributed by atoms with Gasteiger partial charge in [-0.05, 0) is 29.3 Å². The van der Waals surface area contributed by atoms with Crippen molar-refractivity contribution in [2.75, 3.05) is 11.9 Å². The van der Waals surface area contributed by atoms with Gasteiger partial charge in [0.25, 0.3) is 0 Å². The number of carbonyl (C=O) groups is 1. The lowest BCUT2D eigenvalue weighted by atomic mass is 10.1. The lowest BCUT2D eigenvalue weighted by Gasteiger charge is -2.23. The summed E-state index contributed by atoms with van der Waals surface area (Å²) in [6.45, 7) is 0.851. The summed E-state index contributed by atoms with van der Waals surface area (Å²) < 4.78 is 0. The molecule has 0 fully saturated rings. The molecule has 3 aromatic carbocycles. The Bertz CT molecular complexity index is 1030. The van der Waals surface area contributed by atoms with Gasteiger partial charge in [0.15, 0.2) is 0 Å². The molecule has 0 spiro atoms. The first kappa shape index (κ1) is 21.7. The molecule has 152 valence electrons. The van der Waals surface area contributed by atoms with Crippen LogP contribution in [0.4, 0.5) is 11.4 Å². The largest absolute Gasteiger partial charge is 0.353 e. The predicted octanol–water partition coefficient (Wildman–Crippen LogP) is 6.22. The molecule has 0 saturated heterocycles. The molecule has 0 aromatic heterocycles. The number of hydrogen-bond acceptors (Lipinski definition) is 3. The fourth-order valence-electron chi connectivity index (χ4n) is 3.10. The summed E-state index contributed by atoms with van der Waals surface area (Å²) in [5.41, 5.74) is 3.22. The monoisotopic (exact) mass is 437 g/mol. The van der Waals surface area contributed by atoms with Gasteiger partial charge in [0.2, 0.25) is 5.91 Å². The van der Waals surface area contributed by atoms with Gasteiger partial charge in [-0.2, -0.15) is 5.26 Å². The van der Waals surface area contributed by atoms with Crippen LogP contribution in [0.2, 0.25) is 10.0 Å². The Morgan fingerprint density at radius 1 is 0.933 bits per heavy atom. The number of rotatable bonds is 8. The zero-order chi connectivity index (χ0) is 21.3. The Morgan fingerprint density at radius 3 is 2.30 bits per heavy atom. The van der Waals surface area contributed by atoms with Crippen LogP contribution in [0.3, 0.4) is 0 Å². The summed E-state index contributed by atoms with van der Waals surface area (Å²) in [5.74, 6) is -0.0476. The van der Waals surface area contributed by atoms with Gasteiger partial charge < -0.3 is 10.2 Å². The van der Waals surface area contributed by atoms with E-state index in [0.29, 0.717) is 28.8 Å². The lowest BCUT2D eigenvalue weighted by Crippen LogP contribution is -2.32. The smallest absolute Gasteiger partial charge is 0.227 e. The van der Waals surface area contributed by atoms with Gasteiger partial charge in [0.1, 0.15) is 0 Å². The maximum atomic E-state index is 13.1. The summed E-state index contributed by atoms with van der Waals surface area (Å²) >= 11 is 12.6. The van der Waals surface area contributed by atoms with E-state index in [4.69, 9.17) is 28.5 Å². The van der Waals surface area contributed by atoms with E-state index in [0.717, 1.165) is 16.8 Å². The van der Waals surface area contributed by atoms with Crippen molar-refractivity contribution in [3.8, 4) is 6.07 Å². The first-order valence-corrected chi connectivity index (χ1v) is 10.3. The van der Waals surface area contributed by atoms with Gasteiger partial charge in [-0.15, -0.1) is 0 Å². The van der Waals surface area contributed by atoms with Crippen molar-refractivity contribution in [3.63, 3.8) is 0 Å². The highest BCUT2D eigenvalue weighted by molar-refractivity contribution is 6.39. The first-order chi connectivity index (χ1) is 14.6. The molecule has 4 nitrogen and oxygen atoms in total. The van der Waals surface area contributed by atoms with Crippen LogP contribution in [0.5, 0.6) is 0 Å². The number of amides is 1. The Balaban J connectivity index is 1.80. The van der Waals surface area contributed by atoms with Crippen molar-refractivity contribution in [1.82, 2.24) is 4.90 Å².